The van der Waals surface area contributed by atoms with Crippen molar-refractivity contribution in [3.63, 3.8) is 0 Å². The van der Waals surface area contributed by atoms with Gasteiger partial charge in [0.25, 0.3) is 0 Å². The maximum atomic E-state index is 3.74. The van der Waals surface area contributed by atoms with E-state index in [4.69, 9.17) is 0 Å². The first kappa shape index (κ1) is 22.9. The first-order valence-electron chi connectivity index (χ1n) is 8.47. The fraction of sp³-hybridized carbons (Fsp3) is 0.889. The summed E-state index contributed by atoms with van der Waals surface area (Å²) in [6.45, 7) is 16.2. The average Bonchev–Trinajstić information content (AvgIpc) is 2.98. The Bertz CT molecular complexity index is 105. The van der Waals surface area contributed by atoms with Crippen LogP contribution < -0.4 is 0 Å². The number of hydrogen-bond acceptors (Lipinski definition) is 0. The van der Waals surface area contributed by atoms with Gasteiger partial charge in [-0.25, -0.2) is 0 Å². The van der Waals surface area contributed by atoms with E-state index in [0.717, 1.165) is 5.92 Å². The van der Waals surface area contributed by atoms with Gasteiger partial charge in [0.1, 0.15) is 0 Å². The van der Waals surface area contributed by atoms with E-state index < -0.39 is 0 Å². The van der Waals surface area contributed by atoms with Crippen molar-refractivity contribution in [2.24, 2.45) is 5.92 Å². The van der Waals surface area contributed by atoms with Crippen molar-refractivity contribution in [3.05, 3.63) is 12.7 Å². The molecule has 112 valence electrons. The van der Waals surface area contributed by atoms with Gasteiger partial charge in [-0.15, -0.1) is 6.58 Å². The van der Waals surface area contributed by atoms with Crippen molar-refractivity contribution < 1.29 is 0 Å². The Morgan fingerprint density at radius 3 is 1.44 bits per heavy atom. The average molecular weight is 257 g/mol. The highest BCUT2D eigenvalue weighted by atomic mass is 14.1. The van der Waals surface area contributed by atoms with Crippen LogP contribution in [0.4, 0.5) is 0 Å². The molecule has 0 amide bonds. The van der Waals surface area contributed by atoms with E-state index in [-0.39, 0.29) is 0 Å². The van der Waals surface area contributed by atoms with Gasteiger partial charge in [-0.2, -0.15) is 0 Å². The van der Waals surface area contributed by atoms with Gasteiger partial charge in [0.15, 0.2) is 0 Å². The molecule has 1 fully saturated rings. The van der Waals surface area contributed by atoms with Crippen molar-refractivity contribution in [3.8, 4) is 0 Å². The van der Waals surface area contributed by atoms with Gasteiger partial charge >= 0.3 is 0 Å². The molecule has 0 saturated heterocycles. The smallest absolute Gasteiger partial charge is 0.0236 e. The predicted molar refractivity (Wildman–Crippen MR) is 89.3 cm³/mol. The first-order chi connectivity index (χ1) is 8.85. The lowest BCUT2D eigenvalue weighted by Gasteiger charge is -1.94. The molecule has 0 aliphatic heterocycles. The lowest BCUT2D eigenvalue weighted by Crippen LogP contribution is -1.81. The van der Waals surface area contributed by atoms with E-state index in [1.54, 1.807) is 0 Å². The molecule has 0 aromatic carbocycles. The van der Waals surface area contributed by atoms with Gasteiger partial charge in [0.05, 0.1) is 0 Å². The van der Waals surface area contributed by atoms with Gasteiger partial charge in [0, 0.05) is 0 Å². The Balaban J connectivity index is -0.000000196. The van der Waals surface area contributed by atoms with Crippen LogP contribution in [0.3, 0.4) is 0 Å². The molecule has 0 unspecified atom stereocenters. The molecule has 0 aromatic heterocycles. The predicted octanol–water partition coefficient (Wildman–Crippen LogP) is 7.39. The van der Waals surface area contributed by atoms with Gasteiger partial charge < -0.3 is 0 Å². The summed E-state index contributed by atoms with van der Waals surface area (Å²) in [5.74, 6) is 0.861. The monoisotopic (exact) mass is 256 g/mol. The quantitative estimate of drug-likeness (QED) is 0.355. The van der Waals surface area contributed by atoms with E-state index >= 15 is 0 Å². The molecule has 0 heterocycles. The SMILES string of the molecule is C=CC1CCCC1.CC.CC.CCCCCCC. The van der Waals surface area contributed by atoms with Gasteiger partial charge in [-0.05, 0) is 18.8 Å². The normalized spacial score (nSPS) is 13.2. The molecule has 1 rings (SSSR count). The maximum Gasteiger partial charge on any atom is -0.0236 e. The van der Waals surface area contributed by atoms with Crippen LogP contribution >= 0.6 is 0 Å². The molecule has 1 aliphatic carbocycles. The summed E-state index contributed by atoms with van der Waals surface area (Å²) in [7, 11) is 0. The summed E-state index contributed by atoms with van der Waals surface area (Å²) in [5.41, 5.74) is 0. The van der Waals surface area contributed by atoms with E-state index in [1.807, 2.05) is 27.7 Å². The molecule has 0 heteroatoms. The molecule has 1 aliphatic rings. The Morgan fingerprint density at radius 2 is 1.22 bits per heavy atom. The summed E-state index contributed by atoms with van der Waals surface area (Å²) in [6, 6.07) is 0. The molecule has 0 spiro atoms. The summed E-state index contributed by atoms with van der Waals surface area (Å²) in [4.78, 5) is 0. The molecule has 0 bridgehead atoms. The first-order valence-corrected chi connectivity index (χ1v) is 8.47. The highest BCUT2D eigenvalue weighted by molar-refractivity contribution is 4.82. The Hall–Kier alpha value is -0.260. The van der Waals surface area contributed by atoms with Crippen LogP contribution in [0.25, 0.3) is 0 Å². The highest BCUT2D eigenvalue weighted by Gasteiger charge is 2.09. The third kappa shape index (κ3) is 21.1. The van der Waals surface area contributed by atoms with Gasteiger partial charge in [0.2, 0.25) is 0 Å². The number of hydrogen-bond donors (Lipinski definition) is 0. The number of allylic oxidation sites excluding steroid dienone is 1. The number of unbranched alkanes of at least 4 members (excludes halogenated alkanes) is 4. The second kappa shape index (κ2) is 25.6. The van der Waals surface area contributed by atoms with Crippen LogP contribution in [-0.2, 0) is 0 Å². The lowest BCUT2D eigenvalue weighted by molar-refractivity contribution is 0.656. The van der Waals surface area contributed by atoms with Gasteiger partial charge in [-0.1, -0.05) is 92.6 Å². The summed E-state index contributed by atoms with van der Waals surface area (Å²) in [5, 5.41) is 0. The zero-order valence-corrected chi connectivity index (χ0v) is 14.2. The zero-order chi connectivity index (χ0) is 14.6. The maximum absolute atomic E-state index is 3.74. The summed E-state index contributed by atoms with van der Waals surface area (Å²) in [6.07, 6.45) is 14.7. The second-order valence-electron chi connectivity index (χ2n) is 4.34. The minimum atomic E-state index is 0.861. The molecule has 0 radical (unpaired) electrons. The molecule has 0 N–H and O–H groups in total. The van der Waals surface area contributed by atoms with E-state index in [1.165, 1.54) is 57.8 Å². The molecule has 18 heavy (non-hydrogen) atoms. The highest BCUT2D eigenvalue weighted by Crippen LogP contribution is 2.24. The van der Waals surface area contributed by atoms with E-state index in [0.29, 0.717) is 0 Å². The minimum Gasteiger partial charge on any atom is -0.103 e. The standard InChI is InChI=1S/C7H12.C7H16.2C2H6/c1-2-7-5-3-4-6-7;1-3-5-7-6-4-2;2*1-2/h2,7H,1,3-6H2;3-7H2,1-2H3;2*1-2H3. The van der Waals surface area contributed by atoms with Crippen LogP contribution in [0, 0.1) is 5.92 Å². The zero-order valence-electron chi connectivity index (χ0n) is 14.2. The molecule has 0 aromatic rings. The molecular weight excluding hydrogens is 216 g/mol. The van der Waals surface area contributed by atoms with E-state index in [2.05, 4.69) is 26.5 Å². The largest absolute Gasteiger partial charge is 0.103 e. The summed E-state index contributed by atoms with van der Waals surface area (Å²) >= 11 is 0. The van der Waals surface area contributed by atoms with Gasteiger partial charge in [-0.3, -0.25) is 0 Å². The van der Waals surface area contributed by atoms with Crippen LogP contribution in [0.5, 0.6) is 0 Å². The Morgan fingerprint density at radius 1 is 0.833 bits per heavy atom. The Kier molecular flexibility index (Phi) is 32.5. The van der Waals surface area contributed by atoms with E-state index in [9.17, 15) is 0 Å². The van der Waals surface area contributed by atoms with Crippen LogP contribution in [0.2, 0.25) is 0 Å². The lowest BCUT2D eigenvalue weighted by atomic mass is 10.1. The van der Waals surface area contributed by atoms with Crippen LogP contribution in [0.15, 0.2) is 12.7 Å². The van der Waals surface area contributed by atoms with Crippen molar-refractivity contribution in [2.45, 2.75) is 99.3 Å². The topological polar surface area (TPSA) is 0 Å². The Labute approximate surface area is 118 Å². The fourth-order valence-corrected chi connectivity index (χ4v) is 1.87. The second-order valence-corrected chi connectivity index (χ2v) is 4.34. The fourth-order valence-electron chi connectivity index (χ4n) is 1.87. The van der Waals surface area contributed by atoms with Crippen molar-refractivity contribution in [1.82, 2.24) is 0 Å². The number of rotatable bonds is 5. The van der Waals surface area contributed by atoms with Crippen LogP contribution in [0.1, 0.15) is 99.3 Å². The molecule has 0 atom stereocenters. The van der Waals surface area contributed by atoms with Crippen molar-refractivity contribution >= 4 is 0 Å². The minimum absolute atomic E-state index is 0.861. The van der Waals surface area contributed by atoms with Crippen LogP contribution in [-0.4, -0.2) is 0 Å². The summed E-state index contributed by atoms with van der Waals surface area (Å²) < 4.78 is 0. The molecule has 0 nitrogen and oxygen atoms in total. The third-order valence-corrected chi connectivity index (χ3v) is 2.94. The van der Waals surface area contributed by atoms with Crippen molar-refractivity contribution in [1.29, 1.82) is 0 Å². The third-order valence-electron chi connectivity index (χ3n) is 2.94. The van der Waals surface area contributed by atoms with Crippen molar-refractivity contribution in [2.75, 3.05) is 0 Å². The molecular formula is C18H40. The molecule has 1 saturated carbocycles.